The molecule has 2 aliphatic carbocycles. The molecule has 2 saturated carbocycles. The van der Waals surface area contributed by atoms with Crippen LogP contribution in [0.1, 0.15) is 46.5 Å². The van der Waals surface area contributed by atoms with Crippen LogP contribution in [-0.4, -0.2) is 28.5 Å². The second kappa shape index (κ2) is 3.25. The molecule has 3 heteroatoms. The lowest BCUT2D eigenvalue weighted by atomic mass is 9.47. The van der Waals surface area contributed by atoms with Gasteiger partial charge in [0.15, 0.2) is 0 Å². The Morgan fingerprint density at radius 3 is 2.59 bits per heavy atom. The second-order valence-corrected chi connectivity index (χ2v) is 7.34. The zero-order chi connectivity index (χ0) is 12.5. The van der Waals surface area contributed by atoms with Crippen LogP contribution < -0.4 is 5.73 Å². The van der Waals surface area contributed by atoms with Crippen LogP contribution >= 0.6 is 0 Å². The minimum absolute atomic E-state index is 0.0779. The van der Waals surface area contributed by atoms with Crippen molar-refractivity contribution in [1.29, 1.82) is 0 Å². The summed E-state index contributed by atoms with van der Waals surface area (Å²) in [5.74, 6) is 1.35. The molecule has 4 aliphatic rings. The molecule has 0 amide bonds. The van der Waals surface area contributed by atoms with Gasteiger partial charge in [-0.2, -0.15) is 0 Å². The summed E-state index contributed by atoms with van der Waals surface area (Å²) < 4.78 is 6.29. The van der Waals surface area contributed by atoms with Crippen LogP contribution in [0.25, 0.3) is 0 Å². The van der Waals surface area contributed by atoms with Crippen LogP contribution in [0.5, 0.6) is 0 Å². The summed E-state index contributed by atoms with van der Waals surface area (Å²) in [4.78, 5) is 0. The fourth-order valence-electron chi connectivity index (χ4n) is 5.54. The van der Waals surface area contributed by atoms with Crippen molar-refractivity contribution in [3.63, 3.8) is 0 Å². The average molecular weight is 239 g/mol. The Hall–Kier alpha value is -0.120. The van der Waals surface area contributed by atoms with E-state index in [0.717, 1.165) is 19.3 Å². The number of nitrogens with two attached hydrogens (primary N) is 1. The van der Waals surface area contributed by atoms with Crippen molar-refractivity contribution in [3.8, 4) is 0 Å². The summed E-state index contributed by atoms with van der Waals surface area (Å²) in [5.41, 5.74) is 6.33. The van der Waals surface area contributed by atoms with Crippen molar-refractivity contribution in [2.24, 2.45) is 23.5 Å². The van der Waals surface area contributed by atoms with Crippen molar-refractivity contribution in [2.75, 3.05) is 6.61 Å². The normalized spacial score (nSPS) is 55.9. The summed E-state index contributed by atoms with van der Waals surface area (Å²) in [6, 6.07) is 0. The minimum atomic E-state index is -0.216. The molecular weight excluding hydrogens is 214 g/mol. The first kappa shape index (κ1) is 11.9. The highest BCUT2D eigenvalue weighted by Crippen LogP contribution is 2.62. The van der Waals surface area contributed by atoms with Gasteiger partial charge in [-0.3, -0.25) is 0 Å². The van der Waals surface area contributed by atoms with E-state index in [2.05, 4.69) is 20.8 Å². The molecular formula is C14H25NO2. The standard InChI is InChI=1S/C14H25NO2/c1-12(2)11-9-4-5-10(7-16)14(11,15)8-13(3,6-9)17-12/h9-11,16H,4-8,15H2,1-3H3. The summed E-state index contributed by atoms with van der Waals surface area (Å²) in [7, 11) is 0. The van der Waals surface area contributed by atoms with Crippen LogP contribution in [-0.2, 0) is 4.74 Å². The van der Waals surface area contributed by atoms with Crippen LogP contribution in [0.4, 0.5) is 0 Å². The van der Waals surface area contributed by atoms with E-state index in [9.17, 15) is 5.11 Å². The quantitative estimate of drug-likeness (QED) is 0.732. The molecule has 0 spiro atoms. The minimum Gasteiger partial charge on any atom is -0.396 e. The van der Waals surface area contributed by atoms with Crippen LogP contribution in [0.2, 0.25) is 0 Å². The number of aliphatic hydroxyl groups is 1. The zero-order valence-electron chi connectivity index (χ0n) is 11.2. The number of aliphatic hydroxyl groups excluding tert-OH is 1. The third kappa shape index (κ3) is 1.45. The molecule has 2 saturated heterocycles. The summed E-state index contributed by atoms with van der Waals surface area (Å²) in [5, 5.41) is 9.63. The van der Waals surface area contributed by atoms with Gasteiger partial charge in [0, 0.05) is 24.0 Å². The highest BCUT2D eigenvalue weighted by Gasteiger charge is 2.66. The number of fused-ring (bicyclic) bond motifs is 1. The first-order valence-corrected chi connectivity index (χ1v) is 6.91. The van der Waals surface area contributed by atoms with Gasteiger partial charge in [-0.15, -0.1) is 0 Å². The van der Waals surface area contributed by atoms with Crippen LogP contribution in [0.3, 0.4) is 0 Å². The van der Waals surface area contributed by atoms with Gasteiger partial charge in [0.2, 0.25) is 0 Å². The molecule has 3 N–H and O–H groups in total. The number of hydrogen-bond acceptors (Lipinski definition) is 3. The van der Waals surface area contributed by atoms with E-state index in [1.807, 2.05) is 0 Å². The van der Waals surface area contributed by atoms with Gasteiger partial charge in [0.1, 0.15) is 0 Å². The molecule has 5 unspecified atom stereocenters. The highest BCUT2D eigenvalue weighted by atomic mass is 16.5. The molecule has 2 aliphatic heterocycles. The summed E-state index contributed by atoms with van der Waals surface area (Å²) >= 11 is 0. The molecule has 17 heavy (non-hydrogen) atoms. The smallest absolute Gasteiger partial charge is 0.0682 e. The predicted molar refractivity (Wildman–Crippen MR) is 66.5 cm³/mol. The Kier molecular flexibility index (Phi) is 2.28. The Bertz CT molecular complexity index is 340. The van der Waals surface area contributed by atoms with E-state index in [1.54, 1.807) is 0 Å². The molecule has 0 aromatic carbocycles. The molecule has 2 heterocycles. The maximum absolute atomic E-state index is 9.63. The van der Waals surface area contributed by atoms with Crippen molar-refractivity contribution < 1.29 is 9.84 Å². The molecule has 3 nitrogen and oxygen atoms in total. The fraction of sp³-hybridized carbons (Fsp3) is 1.00. The second-order valence-electron chi connectivity index (χ2n) is 7.34. The first-order valence-electron chi connectivity index (χ1n) is 6.91. The number of hydrogen-bond donors (Lipinski definition) is 2. The van der Waals surface area contributed by atoms with Crippen molar-refractivity contribution in [2.45, 2.75) is 63.2 Å². The lowest BCUT2D eigenvalue weighted by Crippen LogP contribution is -2.76. The number of ether oxygens (including phenoxy) is 1. The Labute approximate surface area is 104 Å². The van der Waals surface area contributed by atoms with Crippen LogP contribution in [0.15, 0.2) is 0 Å². The van der Waals surface area contributed by atoms with Crippen molar-refractivity contribution in [1.82, 2.24) is 0 Å². The van der Waals surface area contributed by atoms with E-state index in [-0.39, 0.29) is 29.3 Å². The molecule has 4 fully saturated rings. The maximum Gasteiger partial charge on any atom is 0.0682 e. The molecule has 98 valence electrons. The lowest BCUT2D eigenvalue weighted by molar-refractivity contribution is -0.296. The first-order chi connectivity index (χ1) is 7.81. The molecule has 4 rings (SSSR count). The third-order valence-corrected chi connectivity index (χ3v) is 5.55. The topological polar surface area (TPSA) is 55.5 Å². The Morgan fingerprint density at radius 1 is 1.29 bits per heavy atom. The summed E-state index contributed by atoms with van der Waals surface area (Å²) in [6.07, 6.45) is 4.35. The summed E-state index contributed by atoms with van der Waals surface area (Å²) in [6.45, 7) is 6.80. The van der Waals surface area contributed by atoms with E-state index in [4.69, 9.17) is 10.5 Å². The average Bonchev–Trinajstić information content (AvgIpc) is 2.11. The van der Waals surface area contributed by atoms with Gasteiger partial charge in [-0.05, 0) is 52.4 Å². The van der Waals surface area contributed by atoms with Crippen molar-refractivity contribution >= 4 is 0 Å². The Balaban J connectivity index is 2.06. The van der Waals surface area contributed by atoms with E-state index in [0.29, 0.717) is 11.8 Å². The monoisotopic (exact) mass is 239 g/mol. The SMILES string of the molecule is CC12CC3CCC(CO)C(N)(C1)C3C(C)(C)O2. The van der Waals surface area contributed by atoms with Gasteiger partial charge >= 0.3 is 0 Å². The zero-order valence-corrected chi connectivity index (χ0v) is 11.2. The molecule has 5 atom stereocenters. The van der Waals surface area contributed by atoms with Crippen molar-refractivity contribution in [3.05, 3.63) is 0 Å². The number of rotatable bonds is 1. The predicted octanol–water partition coefficient (Wildman–Crippen LogP) is 1.68. The molecule has 0 aromatic heterocycles. The van der Waals surface area contributed by atoms with Gasteiger partial charge in [0.25, 0.3) is 0 Å². The molecule has 0 aromatic rings. The molecule has 0 radical (unpaired) electrons. The van der Waals surface area contributed by atoms with E-state index < -0.39 is 0 Å². The van der Waals surface area contributed by atoms with Gasteiger partial charge < -0.3 is 15.6 Å². The molecule has 4 bridgehead atoms. The van der Waals surface area contributed by atoms with E-state index >= 15 is 0 Å². The van der Waals surface area contributed by atoms with Gasteiger partial charge in [0.05, 0.1) is 11.2 Å². The largest absolute Gasteiger partial charge is 0.396 e. The van der Waals surface area contributed by atoms with Gasteiger partial charge in [-0.25, -0.2) is 0 Å². The van der Waals surface area contributed by atoms with Gasteiger partial charge in [-0.1, -0.05) is 0 Å². The van der Waals surface area contributed by atoms with Crippen LogP contribution in [0, 0.1) is 17.8 Å². The third-order valence-electron chi connectivity index (χ3n) is 5.55. The lowest BCUT2D eigenvalue weighted by Gasteiger charge is -2.68. The highest BCUT2D eigenvalue weighted by molar-refractivity contribution is 5.18. The maximum atomic E-state index is 9.63. The Morgan fingerprint density at radius 2 is 2.00 bits per heavy atom. The fourth-order valence-corrected chi connectivity index (χ4v) is 5.54. The van der Waals surface area contributed by atoms with E-state index in [1.165, 1.54) is 6.42 Å².